The van der Waals surface area contributed by atoms with E-state index in [1.54, 1.807) is 0 Å². The molecule has 1 heterocycles. The van der Waals surface area contributed by atoms with Gasteiger partial charge in [0.25, 0.3) is 15.9 Å². The van der Waals surface area contributed by atoms with Gasteiger partial charge >= 0.3 is 6.18 Å². The minimum Gasteiger partial charge on any atom is -0.324 e. The number of fused-ring (bicyclic) bond motifs is 1. The fourth-order valence-corrected chi connectivity index (χ4v) is 4.26. The van der Waals surface area contributed by atoms with Crippen LogP contribution < -0.4 is 5.32 Å². The average molecular weight is 419 g/mol. The number of alkyl halides is 3. The molecule has 1 aliphatic heterocycles. The van der Waals surface area contributed by atoms with Crippen LogP contribution in [0.5, 0.6) is 0 Å². The van der Waals surface area contributed by atoms with Gasteiger partial charge in [0.1, 0.15) is 11.4 Å². The number of carbonyl (C=O) groups excluding carboxylic acids is 2. The Labute approximate surface area is 156 Å². The summed E-state index contributed by atoms with van der Waals surface area (Å²) in [5, 5.41) is 1.79. The van der Waals surface area contributed by atoms with E-state index in [0.717, 1.165) is 12.1 Å². The molecule has 0 aromatic heterocycles. The molecule has 1 N–H and O–H groups in total. The van der Waals surface area contributed by atoms with Crippen LogP contribution in [0, 0.1) is 0 Å². The van der Waals surface area contributed by atoms with E-state index >= 15 is 0 Å². The van der Waals surface area contributed by atoms with E-state index in [2.05, 4.69) is 0 Å². The predicted octanol–water partition coefficient (Wildman–Crippen LogP) is 3.14. The summed E-state index contributed by atoms with van der Waals surface area (Å²) in [6.07, 6.45) is -4.79. The molecule has 2 amide bonds. The molecule has 0 bridgehead atoms. The van der Waals surface area contributed by atoms with Crippen LogP contribution in [-0.4, -0.2) is 31.1 Å². The number of hydrogen-bond acceptors (Lipinski definition) is 4. The molecule has 0 aliphatic carbocycles. The molecular weight excluding hydrogens is 409 g/mol. The Bertz CT molecular complexity index is 1050. The molecule has 2 aromatic rings. The zero-order valence-corrected chi connectivity index (χ0v) is 14.8. The van der Waals surface area contributed by atoms with Crippen LogP contribution in [0.4, 0.5) is 18.9 Å². The first-order chi connectivity index (χ1) is 12.5. The molecule has 0 saturated heterocycles. The van der Waals surface area contributed by atoms with Gasteiger partial charge in [0.2, 0.25) is 5.91 Å². The molecule has 1 aliphatic rings. The maximum atomic E-state index is 13.1. The quantitative estimate of drug-likeness (QED) is 0.830. The van der Waals surface area contributed by atoms with Crippen molar-refractivity contribution in [2.75, 3.05) is 11.9 Å². The van der Waals surface area contributed by atoms with E-state index in [1.165, 1.54) is 24.3 Å². The molecular formula is C16H10ClF3N2O4S. The second-order valence-electron chi connectivity index (χ2n) is 5.55. The van der Waals surface area contributed by atoms with E-state index < -0.39 is 45.8 Å². The summed E-state index contributed by atoms with van der Waals surface area (Å²) in [4.78, 5) is 24.1. The SMILES string of the molecule is O=C(CN1C(=O)c2ccccc2S1(=O)=O)Nc1ccc(Cl)cc1C(F)(F)F. The van der Waals surface area contributed by atoms with Crippen LogP contribution in [0.2, 0.25) is 5.02 Å². The Morgan fingerprint density at radius 2 is 1.81 bits per heavy atom. The zero-order valence-electron chi connectivity index (χ0n) is 13.2. The molecule has 0 fully saturated rings. The molecule has 3 rings (SSSR count). The van der Waals surface area contributed by atoms with Crippen molar-refractivity contribution in [3.63, 3.8) is 0 Å². The number of halogens is 4. The molecule has 0 atom stereocenters. The maximum absolute atomic E-state index is 13.1. The Morgan fingerprint density at radius 1 is 1.15 bits per heavy atom. The summed E-state index contributed by atoms with van der Waals surface area (Å²) in [5.74, 6) is -2.03. The minimum atomic E-state index is -4.79. The van der Waals surface area contributed by atoms with Crippen molar-refractivity contribution in [2.45, 2.75) is 11.1 Å². The van der Waals surface area contributed by atoms with E-state index in [1.807, 2.05) is 5.32 Å². The lowest BCUT2D eigenvalue weighted by molar-refractivity contribution is -0.137. The molecule has 142 valence electrons. The van der Waals surface area contributed by atoms with Crippen molar-refractivity contribution in [1.82, 2.24) is 4.31 Å². The van der Waals surface area contributed by atoms with E-state index in [0.29, 0.717) is 10.4 Å². The monoisotopic (exact) mass is 418 g/mol. The Morgan fingerprint density at radius 3 is 2.44 bits per heavy atom. The first-order valence-corrected chi connectivity index (χ1v) is 9.16. The Balaban J connectivity index is 1.85. The smallest absolute Gasteiger partial charge is 0.324 e. The van der Waals surface area contributed by atoms with Crippen molar-refractivity contribution >= 4 is 39.1 Å². The van der Waals surface area contributed by atoms with Crippen molar-refractivity contribution in [3.05, 3.63) is 58.6 Å². The Hall–Kier alpha value is -2.59. The van der Waals surface area contributed by atoms with Crippen molar-refractivity contribution in [3.8, 4) is 0 Å². The van der Waals surface area contributed by atoms with Crippen LogP contribution in [-0.2, 0) is 21.0 Å². The van der Waals surface area contributed by atoms with Crippen molar-refractivity contribution in [1.29, 1.82) is 0 Å². The maximum Gasteiger partial charge on any atom is 0.418 e. The second kappa shape index (κ2) is 6.54. The highest BCUT2D eigenvalue weighted by Gasteiger charge is 2.42. The van der Waals surface area contributed by atoms with Crippen LogP contribution >= 0.6 is 11.6 Å². The highest BCUT2D eigenvalue weighted by atomic mass is 35.5. The number of nitrogens with zero attached hydrogens (tertiary/aromatic N) is 1. The average Bonchev–Trinajstić information content (AvgIpc) is 2.77. The minimum absolute atomic E-state index is 0.104. The van der Waals surface area contributed by atoms with Crippen LogP contribution in [0.15, 0.2) is 47.4 Å². The fraction of sp³-hybridized carbons (Fsp3) is 0.125. The lowest BCUT2D eigenvalue weighted by Gasteiger charge is -2.17. The summed E-state index contributed by atoms with van der Waals surface area (Å²) in [6.45, 7) is -0.963. The number of nitrogens with one attached hydrogen (secondary N) is 1. The third kappa shape index (κ3) is 3.50. The summed E-state index contributed by atoms with van der Waals surface area (Å²) >= 11 is 5.56. The fourth-order valence-electron chi connectivity index (χ4n) is 2.57. The largest absolute Gasteiger partial charge is 0.418 e. The second-order valence-corrected chi connectivity index (χ2v) is 7.82. The van der Waals surface area contributed by atoms with Gasteiger partial charge in [-0.1, -0.05) is 23.7 Å². The van der Waals surface area contributed by atoms with Gasteiger partial charge in [-0.2, -0.15) is 13.2 Å². The van der Waals surface area contributed by atoms with Gasteiger partial charge in [-0.25, -0.2) is 12.7 Å². The number of rotatable bonds is 3. The number of amides is 2. The lowest BCUT2D eigenvalue weighted by atomic mass is 10.1. The molecule has 27 heavy (non-hydrogen) atoms. The van der Waals surface area contributed by atoms with E-state index in [4.69, 9.17) is 11.6 Å². The molecule has 11 heteroatoms. The van der Waals surface area contributed by atoms with Gasteiger partial charge in [0.15, 0.2) is 0 Å². The lowest BCUT2D eigenvalue weighted by Crippen LogP contribution is -2.37. The van der Waals surface area contributed by atoms with Crippen molar-refractivity contribution < 1.29 is 31.2 Å². The summed E-state index contributed by atoms with van der Waals surface area (Å²) in [5.41, 5.74) is -1.89. The van der Waals surface area contributed by atoms with Crippen LogP contribution in [0.3, 0.4) is 0 Å². The summed E-state index contributed by atoms with van der Waals surface area (Å²) < 4.78 is 64.3. The number of anilines is 1. The standard InChI is InChI=1S/C16H10ClF3N2O4S/c17-9-5-6-12(11(7-9)16(18,19)20)21-14(23)8-22-15(24)10-3-1-2-4-13(10)27(22,25)26/h1-7H,8H2,(H,21,23). The predicted molar refractivity (Wildman–Crippen MR) is 89.7 cm³/mol. The Kier molecular flexibility index (Phi) is 4.64. The third-order valence-corrected chi connectivity index (χ3v) is 5.78. The highest BCUT2D eigenvalue weighted by Crippen LogP contribution is 2.36. The topological polar surface area (TPSA) is 83.6 Å². The number of hydrogen-bond donors (Lipinski definition) is 1. The van der Waals surface area contributed by atoms with Gasteiger partial charge in [0, 0.05) is 5.02 Å². The molecule has 0 unspecified atom stereocenters. The van der Waals surface area contributed by atoms with Gasteiger partial charge in [-0.15, -0.1) is 0 Å². The number of sulfonamides is 1. The molecule has 0 radical (unpaired) electrons. The van der Waals surface area contributed by atoms with Crippen molar-refractivity contribution in [2.24, 2.45) is 0 Å². The molecule has 6 nitrogen and oxygen atoms in total. The molecule has 0 spiro atoms. The normalized spacial score (nSPS) is 15.6. The van der Waals surface area contributed by atoms with Crippen LogP contribution in [0.25, 0.3) is 0 Å². The van der Waals surface area contributed by atoms with Gasteiger partial charge in [-0.05, 0) is 30.3 Å². The van der Waals surface area contributed by atoms with Gasteiger partial charge in [0.05, 0.1) is 16.8 Å². The summed E-state index contributed by atoms with van der Waals surface area (Å²) in [7, 11) is -4.25. The van der Waals surface area contributed by atoms with Crippen LogP contribution in [0.1, 0.15) is 15.9 Å². The summed E-state index contributed by atoms with van der Waals surface area (Å²) in [6, 6.07) is 8.08. The van der Waals surface area contributed by atoms with Gasteiger partial charge < -0.3 is 5.32 Å². The van der Waals surface area contributed by atoms with E-state index in [9.17, 15) is 31.2 Å². The number of benzene rings is 2. The molecule has 0 saturated carbocycles. The first kappa shape index (κ1) is 19.2. The number of carbonyl (C=O) groups is 2. The third-order valence-electron chi connectivity index (χ3n) is 3.76. The molecule has 2 aromatic carbocycles. The van der Waals surface area contributed by atoms with E-state index in [-0.39, 0.29) is 15.5 Å². The zero-order chi connectivity index (χ0) is 20.0. The first-order valence-electron chi connectivity index (χ1n) is 7.34. The van der Waals surface area contributed by atoms with Gasteiger partial charge in [-0.3, -0.25) is 9.59 Å². The highest BCUT2D eigenvalue weighted by molar-refractivity contribution is 7.90.